The summed E-state index contributed by atoms with van der Waals surface area (Å²) in [6.07, 6.45) is 3.70. The summed E-state index contributed by atoms with van der Waals surface area (Å²) in [7, 11) is 0. The first-order valence-corrected chi connectivity index (χ1v) is 15.4. The summed E-state index contributed by atoms with van der Waals surface area (Å²) in [5.41, 5.74) is 7.13. The Morgan fingerprint density at radius 1 is 1.00 bits per heavy atom. The average molecular weight is 614 g/mol. The Hall–Kier alpha value is -4.28. The zero-order valence-corrected chi connectivity index (χ0v) is 24.8. The van der Waals surface area contributed by atoms with Crippen LogP contribution < -0.4 is 15.2 Å². The van der Waals surface area contributed by atoms with Crippen LogP contribution in [0, 0.1) is 11.6 Å². The molecule has 2 aliphatic rings. The maximum absolute atomic E-state index is 16.7. The number of nitrogens with zero attached hydrogens (tertiary/aromatic N) is 4. The monoisotopic (exact) mass is 613 g/mol. The molecule has 2 fully saturated rings. The van der Waals surface area contributed by atoms with E-state index in [1.807, 2.05) is 36.4 Å². The highest BCUT2D eigenvalue weighted by atomic mass is 19.1. The summed E-state index contributed by atoms with van der Waals surface area (Å²) < 4.78 is 58.4. The number of pyridine rings is 1. The molecule has 10 heteroatoms. The number of alkyl halides is 1. The molecule has 2 aliphatic heterocycles. The smallest absolute Gasteiger partial charge is 0.320 e. The normalized spacial score (nSPS) is 19.8. The Labute approximate surface area is 259 Å². The lowest BCUT2D eigenvalue weighted by Crippen LogP contribution is -2.43. The molecule has 0 unspecified atom stereocenters. The van der Waals surface area contributed by atoms with E-state index in [0.717, 1.165) is 30.3 Å². The zero-order valence-electron chi connectivity index (χ0n) is 24.8. The molecule has 7 rings (SSSR count). The molecular formula is C35H34F3N5O2. The minimum atomic E-state index is -0.914. The number of ether oxygens (including phenoxy) is 2. The lowest BCUT2D eigenvalue weighted by atomic mass is 9.94. The second kappa shape index (κ2) is 12.3. The summed E-state index contributed by atoms with van der Waals surface area (Å²) in [6, 6.07) is 18.0. The molecule has 232 valence electrons. The lowest BCUT2D eigenvalue weighted by Gasteiger charge is -2.30. The standard InChI is InChI=1S/C35H34F3N5O2/c36-24-17-35(14-6-16-43(35)19-24)21-45-34-41-32-27(33(42-34)44-20-22-7-2-1-3-8-22)18-40-31(30(32)38)26-10-4-9-23-12-13-28(37)25(29(23)26)11-5-15-39/h1-4,7-10,12-13,18,24H,5-6,11,14-17,19-21,39H2/t24-,35+/m1/s1. The number of benzene rings is 3. The van der Waals surface area contributed by atoms with Crippen molar-refractivity contribution in [2.24, 2.45) is 5.73 Å². The number of hydrogen-bond acceptors (Lipinski definition) is 7. The molecular weight excluding hydrogens is 579 g/mol. The van der Waals surface area contributed by atoms with Crippen LogP contribution in [0.2, 0.25) is 0 Å². The average Bonchev–Trinajstić information content (AvgIpc) is 3.58. The van der Waals surface area contributed by atoms with Crippen LogP contribution in [-0.4, -0.2) is 57.8 Å². The van der Waals surface area contributed by atoms with Crippen LogP contribution in [0.25, 0.3) is 32.9 Å². The van der Waals surface area contributed by atoms with Crippen molar-refractivity contribution in [2.75, 3.05) is 26.2 Å². The molecule has 0 bridgehead atoms. The number of aryl methyl sites for hydroxylation is 1. The van der Waals surface area contributed by atoms with Crippen LogP contribution in [0.3, 0.4) is 0 Å². The molecule has 2 aromatic heterocycles. The first kappa shape index (κ1) is 29.4. The van der Waals surface area contributed by atoms with Crippen LogP contribution in [0.4, 0.5) is 13.2 Å². The summed E-state index contributed by atoms with van der Waals surface area (Å²) in [4.78, 5) is 15.7. The number of halogens is 3. The largest absolute Gasteiger partial charge is 0.472 e. The van der Waals surface area contributed by atoms with Gasteiger partial charge in [-0.3, -0.25) is 9.88 Å². The fraction of sp³-hybridized carbons (Fsp3) is 0.343. The van der Waals surface area contributed by atoms with Crippen molar-refractivity contribution in [3.63, 3.8) is 0 Å². The summed E-state index contributed by atoms with van der Waals surface area (Å²) >= 11 is 0. The molecule has 0 saturated carbocycles. The fourth-order valence-electron chi connectivity index (χ4n) is 6.90. The molecule has 45 heavy (non-hydrogen) atoms. The first-order valence-electron chi connectivity index (χ1n) is 15.4. The van der Waals surface area contributed by atoms with E-state index in [0.29, 0.717) is 48.9 Å². The molecule has 2 atom stereocenters. The van der Waals surface area contributed by atoms with Crippen LogP contribution >= 0.6 is 0 Å². The SMILES string of the molecule is NCCCc1c(F)ccc2cccc(-c3ncc4c(OCc5ccccc5)nc(OC[C@@]56CCCN5C[C@H](F)C6)nc4c3F)c12. The van der Waals surface area contributed by atoms with Crippen molar-refractivity contribution in [3.05, 3.63) is 89.6 Å². The fourth-order valence-corrected chi connectivity index (χ4v) is 6.90. The molecule has 3 aromatic carbocycles. The Morgan fingerprint density at radius 3 is 2.71 bits per heavy atom. The van der Waals surface area contributed by atoms with E-state index in [9.17, 15) is 4.39 Å². The summed E-state index contributed by atoms with van der Waals surface area (Å²) in [6.45, 7) is 1.97. The Kier molecular flexibility index (Phi) is 8.01. The molecule has 2 N–H and O–H groups in total. The van der Waals surface area contributed by atoms with Gasteiger partial charge in [0.1, 0.15) is 36.4 Å². The lowest BCUT2D eigenvalue weighted by molar-refractivity contribution is 0.106. The van der Waals surface area contributed by atoms with E-state index in [1.165, 1.54) is 12.3 Å². The Morgan fingerprint density at radius 2 is 1.87 bits per heavy atom. The van der Waals surface area contributed by atoms with Crippen molar-refractivity contribution in [3.8, 4) is 23.1 Å². The van der Waals surface area contributed by atoms with Crippen LogP contribution in [-0.2, 0) is 13.0 Å². The predicted octanol–water partition coefficient (Wildman–Crippen LogP) is 6.55. The van der Waals surface area contributed by atoms with Crippen LogP contribution in [0.15, 0.2) is 66.9 Å². The third kappa shape index (κ3) is 5.57. The van der Waals surface area contributed by atoms with Gasteiger partial charge in [-0.15, -0.1) is 0 Å². The maximum Gasteiger partial charge on any atom is 0.320 e. The number of rotatable bonds is 10. The van der Waals surface area contributed by atoms with Crippen molar-refractivity contribution in [1.29, 1.82) is 0 Å². The van der Waals surface area contributed by atoms with E-state index in [-0.39, 0.29) is 47.5 Å². The molecule has 5 aromatic rings. The van der Waals surface area contributed by atoms with Gasteiger partial charge in [-0.25, -0.2) is 13.2 Å². The molecule has 0 spiro atoms. The van der Waals surface area contributed by atoms with Crippen molar-refractivity contribution < 1.29 is 22.6 Å². The number of fused-ring (bicyclic) bond motifs is 3. The minimum absolute atomic E-state index is 0.0273. The van der Waals surface area contributed by atoms with Gasteiger partial charge in [0.2, 0.25) is 5.88 Å². The highest BCUT2D eigenvalue weighted by molar-refractivity contribution is 6.00. The number of nitrogens with two attached hydrogens (primary N) is 1. The third-order valence-corrected chi connectivity index (χ3v) is 9.06. The van der Waals surface area contributed by atoms with Crippen molar-refractivity contribution >= 4 is 21.7 Å². The number of hydrogen-bond donors (Lipinski definition) is 1. The highest BCUT2D eigenvalue weighted by Gasteiger charge is 2.49. The van der Waals surface area contributed by atoms with E-state index in [4.69, 9.17) is 15.2 Å². The summed E-state index contributed by atoms with van der Waals surface area (Å²) in [5, 5.41) is 1.63. The Balaban J connectivity index is 1.32. The van der Waals surface area contributed by atoms with Crippen LogP contribution in [0.1, 0.15) is 36.8 Å². The van der Waals surface area contributed by atoms with Gasteiger partial charge >= 0.3 is 6.01 Å². The topological polar surface area (TPSA) is 86.4 Å². The van der Waals surface area contributed by atoms with Gasteiger partial charge in [-0.2, -0.15) is 9.97 Å². The van der Waals surface area contributed by atoms with Crippen molar-refractivity contribution in [1.82, 2.24) is 19.9 Å². The van der Waals surface area contributed by atoms with Gasteiger partial charge in [-0.1, -0.05) is 54.6 Å². The van der Waals surface area contributed by atoms with E-state index in [2.05, 4.69) is 19.9 Å². The van der Waals surface area contributed by atoms with Crippen molar-refractivity contribution in [2.45, 2.75) is 50.4 Å². The van der Waals surface area contributed by atoms with Gasteiger partial charge in [0.15, 0.2) is 5.82 Å². The van der Waals surface area contributed by atoms with Gasteiger partial charge < -0.3 is 15.2 Å². The van der Waals surface area contributed by atoms with E-state index < -0.39 is 17.5 Å². The molecule has 2 saturated heterocycles. The molecule has 4 heterocycles. The second-order valence-electron chi connectivity index (χ2n) is 12.0. The summed E-state index contributed by atoms with van der Waals surface area (Å²) in [5.74, 6) is -0.946. The molecule has 0 amide bonds. The van der Waals surface area contributed by atoms with Gasteiger partial charge in [-0.05, 0) is 66.7 Å². The third-order valence-electron chi connectivity index (χ3n) is 9.06. The molecule has 7 nitrogen and oxygen atoms in total. The van der Waals surface area contributed by atoms with Gasteiger partial charge in [0.25, 0.3) is 0 Å². The van der Waals surface area contributed by atoms with Gasteiger partial charge in [0, 0.05) is 24.7 Å². The minimum Gasteiger partial charge on any atom is -0.472 e. The van der Waals surface area contributed by atoms with Crippen LogP contribution in [0.5, 0.6) is 11.9 Å². The molecule has 0 radical (unpaired) electrons. The van der Waals surface area contributed by atoms with E-state index in [1.54, 1.807) is 18.2 Å². The highest BCUT2D eigenvalue weighted by Crippen LogP contribution is 2.41. The predicted molar refractivity (Wildman–Crippen MR) is 167 cm³/mol. The first-order chi connectivity index (χ1) is 22.0. The quantitative estimate of drug-likeness (QED) is 0.191. The number of aromatic nitrogens is 3. The second-order valence-corrected chi connectivity index (χ2v) is 12.0. The maximum atomic E-state index is 16.7. The van der Waals surface area contributed by atoms with E-state index >= 15 is 8.78 Å². The molecule has 0 aliphatic carbocycles. The van der Waals surface area contributed by atoms with Gasteiger partial charge in [0.05, 0.1) is 10.9 Å². The zero-order chi connectivity index (χ0) is 31.0. The Bertz CT molecular complexity index is 1860.